The van der Waals surface area contributed by atoms with Crippen LogP contribution in [0.3, 0.4) is 0 Å². The fraction of sp³-hybridized carbons (Fsp3) is 0.400. The van der Waals surface area contributed by atoms with Crippen LogP contribution in [0.15, 0.2) is 18.2 Å². The molecule has 0 aromatic heterocycles. The molecule has 4 heteroatoms. The summed E-state index contributed by atoms with van der Waals surface area (Å²) >= 11 is 0. The zero-order chi connectivity index (χ0) is 10.2. The van der Waals surface area contributed by atoms with Crippen molar-refractivity contribution in [2.24, 2.45) is 0 Å². The fourth-order valence-corrected chi connectivity index (χ4v) is 1.06. The summed E-state index contributed by atoms with van der Waals surface area (Å²) in [6, 6.07) is 5.85. The van der Waals surface area contributed by atoms with Crippen molar-refractivity contribution in [3.8, 4) is 5.75 Å². The molecule has 2 rings (SSSR count). The van der Waals surface area contributed by atoms with Crippen LogP contribution in [0.5, 0.6) is 5.75 Å². The molecule has 1 aromatic rings. The molecule has 0 N–H and O–H groups in total. The van der Waals surface area contributed by atoms with E-state index in [0.717, 1.165) is 18.9 Å². The number of halogens is 3. The largest absolute Gasteiger partial charge is 0.490 e. The van der Waals surface area contributed by atoms with E-state index in [1.165, 1.54) is 12.1 Å². The maximum Gasteiger partial charge on any atom is 0.417 e. The number of benzene rings is 1. The van der Waals surface area contributed by atoms with Gasteiger partial charge in [-0.15, -0.1) is 0 Å². The number of alkyl halides is 3. The summed E-state index contributed by atoms with van der Waals surface area (Å²) in [7, 11) is 0. The van der Waals surface area contributed by atoms with E-state index in [0.29, 0.717) is 0 Å². The molecule has 1 aliphatic rings. The van der Waals surface area contributed by atoms with Crippen LogP contribution >= 0.6 is 0 Å². The van der Waals surface area contributed by atoms with E-state index in [-0.39, 0.29) is 11.9 Å². The predicted octanol–water partition coefficient (Wildman–Crippen LogP) is 3.05. The van der Waals surface area contributed by atoms with Gasteiger partial charge >= 0.3 is 6.18 Å². The Morgan fingerprint density at radius 1 is 1.36 bits per heavy atom. The molecule has 0 bridgehead atoms. The summed E-state index contributed by atoms with van der Waals surface area (Å²) in [5.74, 6) is 0.276. The third kappa shape index (κ3) is 2.19. The number of hydrogen-bond donors (Lipinski definition) is 0. The summed E-state index contributed by atoms with van der Waals surface area (Å²) in [6.45, 7) is 0. The normalized spacial score (nSPS) is 16.8. The molecule has 1 aromatic carbocycles. The zero-order valence-electron chi connectivity index (χ0n) is 7.27. The Labute approximate surface area is 79.5 Å². The Morgan fingerprint density at radius 2 is 2.07 bits per heavy atom. The third-order valence-electron chi connectivity index (χ3n) is 1.91. The topological polar surface area (TPSA) is 9.23 Å². The van der Waals surface area contributed by atoms with Crippen LogP contribution in [0, 0.1) is 6.07 Å². The van der Waals surface area contributed by atoms with Gasteiger partial charge in [-0.25, -0.2) is 0 Å². The first-order valence-electron chi connectivity index (χ1n) is 4.31. The standard InChI is InChI=1S/C10H8F3O/c11-10(12,13)7-2-1-3-9(6-7)14-8-4-5-8/h1,3,6,8H,4-5H2. The molecule has 14 heavy (non-hydrogen) atoms. The van der Waals surface area contributed by atoms with Crippen LogP contribution in [0.2, 0.25) is 0 Å². The first-order chi connectivity index (χ1) is 6.55. The number of rotatable bonds is 2. The van der Waals surface area contributed by atoms with Gasteiger partial charge in [-0.2, -0.15) is 13.2 Å². The lowest BCUT2D eigenvalue weighted by Gasteiger charge is -2.08. The maximum atomic E-state index is 12.2. The first-order valence-corrected chi connectivity index (χ1v) is 4.31. The molecule has 0 aliphatic heterocycles. The van der Waals surface area contributed by atoms with Crippen LogP contribution in [0.25, 0.3) is 0 Å². The van der Waals surface area contributed by atoms with E-state index < -0.39 is 11.7 Å². The van der Waals surface area contributed by atoms with E-state index in [9.17, 15) is 13.2 Å². The molecular weight excluding hydrogens is 193 g/mol. The lowest BCUT2D eigenvalue weighted by atomic mass is 10.2. The van der Waals surface area contributed by atoms with Crippen molar-refractivity contribution in [1.82, 2.24) is 0 Å². The van der Waals surface area contributed by atoms with Crippen LogP contribution in [0.1, 0.15) is 18.4 Å². The minimum absolute atomic E-state index is 0.110. The number of hydrogen-bond acceptors (Lipinski definition) is 1. The highest BCUT2D eigenvalue weighted by molar-refractivity contribution is 5.29. The van der Waals surface area contributed by atoms with Gasteiger partial charge in [0.15, 0.2) is 0 Å². The number of ether oxygens (including phenoxy) is 1. The van der Waals surface area contributed by atoms with Crippen LogP contribution in [-0.2, 0) is 6.18 Å². The summed E-state index contributed by atoms with van der Waals surface area (Å²) in [4.78, 5) is 0. The van der Waals surface area contributed by atoms with Crippen molar-refractivity contribution in [2.75, 3.05) is 0 Å². The second-order valence-corrected chi connectivity index (χ2v) is 3.25. The molecule has 0 spiro atoms. The predicted molar refractivity (Wildman–Crippen MR) is 43.9 cm³/mol. The SMILES string of the molecule is FC(F)(F)c1[c]ccc(OC2CC2)c1. The smallest absolute Gasteiger partial charge is 0.417 e. The Morgan fingerprint density at radius 3 is 2.64 bits per heavy atom. The van der Waals surface area contributed by atoms with Crippen molar-refractivity contribution >= 4 is 0 Å². The van der Waals surface area contributed by atoms with Crippen molar-refractivity contribution in [3.05, 3.63) is 29.8 Å². The zero-order valence-corrected chi connectivity index (χ0v) is 7.27. The van der Waals surface area contributed by atoms with E-state index >= 15 is 0 Å². The Kier molecular flexibility index (Phi) is 2.13. The van der Waals surface area contributed by atoms with E-state index in [2.05, 4.69) is 6.07 Å². The van der Waals surface area contributed by atoms with Gasteiger partial charge < -0.3 is 4.74 Å². The van der Waals surface area contributed by atoms with Crippen LogP contribution < -0.4 is 4.74 Å². The van der Waals surface area contributed by atoms with E-state index in [1.54, 1.807) is 0 Å². The average molecular weight is 201 g/mol. The Bertz CT molecular complexity index is 328. The third-order valence-corrected chi connectivity index (χ3v) is 1.91. The molecule has 1 aliphatic carbocycles. The monoisotopic (exact) mass is 201 g/mol. The van der Waals surface area contributed by atoms with E-state index in [1.807, 2.05) is 0 Å². The van der Waals surface area contributed by atoms with Crippen molar-refractivity contribution < 1.29 is 17.9 Å². The van der Waals surface area contributed by atoms with Gasteiger partial charge in [-0.3, -0.25) is 0 Å². The second-order valence-electron chi connectivity index (χ2n) is 3.25. The highest BCUT2D eigenvalue weighted by atomic mass is 19.4. The Hall–Kier alpha value is -1.19. The van der Waals surface area contributed by atoms with Crippen LogP contribution in [0.4, 0.5) is 13.2 Å². The van der Waals surface area contributed by atoms with Crippen molar-refractivity contribution in [1.29, 1.82) is 0 Å². The summed E-state index contributed by atoms with van der Waals surface area (Å²) < 4.78 is 41.9. The van der Waals surface area contributed by atoms with Gasteiger partial charge in [0.1, 0.15) is 5.75 Å². The minimum Gasteiger partial charge on any atom is -0.490 e. The molecule has 0 heterocycles. The van der Waals surface area contributed by atoms with Gasteiger partial charge in [0, 0.05) is 0 Å². The van der Waals surface area contributed by atoms with Gasteiger partial charge in [0.25, 0.3) is 0 Å². The molecule has 1 saturated carbocycles. The van der Waals surface area contributed by atoms with Gasteiger partial charge in [-0.05, 0) is 31.0 Å². The highest BCUT2D eigenvalue weighted by Gasteiger charge is 2.31. The molecule has 1 fully saturated rings. The second kappa shape index (κ2) is 3.19. The molecule has 0 unspecified atom stereocenters. The lowest BCUT2D eigenvalue weighted by Crippen LogP contribution is -2.05. The maximum absolute atomic E-state index is 12.2. The molecular formula is C10H8F3O. The first kappa shape index (κ1) is 9.37. The molecule has 1 nitrogen and oxygen atoms in total. The van der Waals surface area contributed by atoms with Crippen LogP contribution in [-0.4, -0.2) is 6.10 Å². The Balaban J connectivity index is 2.17. The molecule has 1 radical (unpaired) electrons. The summed E-state index contributed by atoms with van der Waals surface area (Å²) in [6.07, 6.45) is -2.37. The summed E-state index contributed by atoms with van der Waals surface area (Å²) in [5.41, 5.74) is -0.782. The molecule has 0 amide bonds. The van der Waals surface area contributed by atoms with Crippen molar-refractivity contribution in [3.63, 3.8) is 0 Å². The quantitative estimate of drug-likeness (QED) is 0.714. The molecule has 0 saturated heterocycles. The summed E-state index contributed by atoms with van der Waals surface area (Å²) in [5, 5.41) is 0. The average Bonchev–Trinajstić information content (AvgIpc) is 2.87. The van der Waals surface area contributed by atoms with Gasteiger partial charge in [-0.1, -0.05) is 6.07 Å². The highest BCUT2D eigenvalue weighted by Crippen LogP contribution is 2.33. The van der Waals surface area contributed by atoms with Gasteiger partial charge in [0.05, 0.1) is 11.7 Å². The molecule has 75 valence electrons. The fourth-order valence-electron chi connectivity index (χ4n) is 1.06. The molecule has 0 atom stereocenters. The van der Waals surface area contributed by atoms with Gasteiger partial charge in [0.2, 0.25) is 0 Å². The minimum atomic E-state index is -4.34. The van der Waals surface area contributed by atoms with Crippen molar-refractivity contribution in [2.45, 2.75) is 25.1 Å². The lowest BCUT2D eigenvalue weighted by molar-refractivity contribution is -0.137. The van der Waals surface area contributed by atoms with E-state index in [4.69, 9.17) is 4.74 Å².